The molecule has 0 spiro atoms. The van der Waals surface area contributed by atoms with Crippen molar-refractivity contribution in [3.63, 3.8) is 0 Å². The number of aliphatic hydroxyl groups excluding tert-OH is 2. The maximum absolute atomic E-state index is 8.51. The van der Waals surface area contributed by atoms with Crippen LogP contribution in [0.25, 0.3) is 0 Å². The first kappa shape index (κ1) is 8.84. The maximum Gasteiger partial charge on any atom is 0.0610 e. The summed E-state index contributed by atoms with van der Waals surface area (Å²) in [6.07, 6.45) is 0. The minimum Gasteiger partial charge on any atom is -0.396 e. The van der Waals surface area contributed by atoms with E-state index >= 15 is 0 Å². The van der Waals surface area contributed by atoms with E-state index in [0.29, 0.717) is 0 Å². The lowest BCUT2D eigenvalue weighted by atomic mass is 10.1. The van der Waals surface area contributed by atoms with Gasteiger partial charge < -0.3 is 15.4 Å². The topological polar surface area (TPSA) is 72.7 Å². The minimum absolute atomic E-state index is 0.0429. The molecule has 0 aromatic rings. The molecule has 0 fully saturated rings. The summed E-state index contributed by atoms with van der Waals surface area (Å²) in [4.78, 5) is 0. The van der Waals surface area contributed by atoms with Crippen molar-refractivity contribution in [2.24, 2.45) is 5.92 Å². The quantitative estimate of drug-likeness (QED) is 0.371. The van der Waals surface area contributed by atoms with Crippen molar-refractivity contribution in [2.45, 2.75) is 13.0 Å². The fraction of sp³-hybridized carbons (Fsp3) is 1.00. The summed E-state index contributed by atoms with van der Waals surface area (Å²) in [5.41, 5.74) is 1.89. The molecule has 0 aliphatic heterocycles. The van der Waals surface area contributed by atoms with Crippen LogP contribution >= 0.6 is 0 Å². The van der Waals surface area contributed by atoms with Crippen LogP contribution in [0.2, 0.25) is 0 Å². The molecule has 56 valence electrons. The van der Waals surface area contributed by atoms with Crippen LogP contribution in [0.15, 0.2) is 0 Å². The summed E-state index contributed by atoms with van der Waals surface area (Å²) in [5, 5.41) is 25.3. The molecule has 0 amide bonds. The Kier molecular flexibility index (Phi) is 4.61. The van der Waals surface area contributed by atoms with Gasteiger partial charge >= 0.3 is 0 Å². The van der Waals surface area contributed by atoms with Gasteiger partial charge in [0.15, 0.2) is 0 Å². The second-order valence-electron chi connectivity index (χ2n) is 2.08. The SMILES string of the molecule is CC(CO)C(CO)NO. The van der Waals surface area contributed by atoms with Gasteiger partial charge in [0.1, 0.15) is 0 Å². The van der Waals surface area contributed by atoms with Crippen LogP contribution < -0.4 is 5.48 Å². The van der Waals surface area contributed by atoms with E-state index in [9.17, 15) is 0 Å². The second-order valence-corrected chi connectivity index (χ2v) is 2.08. The molecule has 0 rings (SSSR count). The van der Waals surface area contributed by atoms with E-state index < -0.39 is 6.04 Å². The molecule has 4 heteroatoms. The van der Waals surface area contributed by atoms with Gasteiger partial charge in [0.25, 0.3) is 0 Å². The highest BCUT2D eigenvalue weighted by Gasteiger charge is 2.13. The third kappa shape index (κ3) is 2.76. The number of hydrogen-bond donors (Lipinski definition) is 4. The highest BCUT2D eigenvalue weighted by Crippen LogP contribution is 1.98. The van der Waals surface area contributed by atoms with Gasteiger partial charge in [-0.1, -0.05) is 6.92 Å². The molecule has 0 heterocycles. The average molecular weight is 135 g/mol. The largest absolute Gasteiger partial charge is 0.396 e. The molecule has 0 saturated heterocycles. The Morgan fingerprint density at radius 2 is 1.89 bits per heavy atom. The first-order valence-corrected chi connectivity index (χ1v) is 2.87. The summed E-state index contributed by atoms with van der Waals surface area (Å²) in [7, 11) is 0. The van der Waals surface area contributed by atoms with Crippen LogP contribution in [0.1, 0.15) is 6.92 Å². The van der Waals surface area contributed by atoms with E-state index in [2.05, 4.69) is 0 Å². The molecular weight excluding hydrogens is 122 g/mol. The number of rotatable bonds is 4. The summed E-state index contributed by atoms with van der Waals surface area (Å²) in [6.45, 7) is 1.52. The summed E-state index contributed by atoms with van der Waals surface area (Å²) < 4.78 is 0. The van der Waals surface area contributed by atoms with E-state index in [1.54, 1.807) is 6.92 Å². The monoisotopic (exact) mass is 135 g/mol. The van der Waals surface area contributed by atoms with Gasteiger partial charge in [0.2, 0.25) is 0 Å². The van der Waals surface area contributed by atoms with Gasteiger partial charge in [-0.05, 0) is 5.92 Å². The van der Waals surface area contributed by atoms with Crippen molar-refractivity contribution >= 4 is 0 Å². The summed E-state index contributed by atoms with van der Waals surface area (Å²) in [6, 6.07) is -0.421. The van der Waals surface area contributed by atoms with Crippen molar-refractivity contribution in [3.8, 4) is 0 Å². The molecule has 0 radical (unpaired) electrons. The van der Waals surface area contributed by atoms with E-state index in [0.717, 1.165) is 0 Å². The van der Waals surface area contributed by atoms with E-state index in [1.807, 2.05) is 5.48 Å². The van der Waals surface area contributed by atoms with Gasteiger partial charge in [0.05, 0.1) is 12.6 Å². The third-order valence-corrected chi connectivity index (χ3v) is 1.34. The number of aliphatic hydroxyl groups is 2. The first-order valence-electron chi connectivity index (χ1n) is 2.87. The van der Waals surface area contributed by atoms with Crippen LogP contribution in [0, 0.1) is 5.92 Å². The van der Waals surface area contributed by atoms with Gasteiger partial charge in [-0.15, -0.1) is 0 Å². The van der Waals surface area contributed by atoms with Crippen molar-refractivity contribution in [1.29, 1.82) is 0 Å². The Bertz CT molecular complexity index is 65.2. The fourth-order valence-electron chi connectivity index (χ4n) is 0.475. The number of hydrogen-bond acceptors (Lipinski definition) is 4. The lowest BCUT2D eigenvalue weighted by molar-refractivity contribution is 0.0480. The third-order valence-electron chi connectivity index (χ3n) is 1.34. The van der Waals surface area contributed by atoms with Crippen LogP contribution in [-0.4, -0.2) is 34.7 Å². The van der Waals surface area contributed by atoms with Crippen LogP contribution in [0.5, 0.6) is 0 Å². The predicted octanol–water partition coefficient (Wildman–Crippen LogP) is -1.05. The first-order chi connectivity index (χ1) is 4.26. The Balaban J connectivity index is 3.50. The normalized spacial score (nSPS) is 17.3. The number of nitrogens with one attached hydrogen (secondary N) is 1. The summed E-state index contributed by atoms with van der Waals surface area (Å²) in [5.74, 6) is -0.125. The van der Waals surface area contributed by atoms with Gasteiger partial charge in [-0.3, -0.25) is 0 Å². The molecule has 0 saturated carbocycles. The standard InChI is InChI=1S/C5H13NO3/c1-4(2-7)5(3-8)6-9/h4-9H,2-3H2,1H3. The molecule has 4 nitrogen and oxygen atoms in total. The molecular formula is C5H13NO3. The molecule has 0 aromatic heterocycles. The van der Waals surface area contributed by atoms with Crippen molar-refractivity contribution < 1.29 is 15.4 Å². The Morgan fingerprint density at radius 3 is 2.00 bits per heavy atom. The van der Waals surface area contributed by atoms with Crippen LogP contribution in [0.4, 0.5) is 0 Å². The molecule has 0 bridgehead atoms. The van der Waals surface area contributed by atoms with Gasteiger partial charge in [-0.2, -0.15) is 5.48 Å². The maximum atomic E-state index is 8.51. The number of hydroxylamine groups is 1. The molecule has 0 aliphatic carbocycles. The molecule has 2 atom stereocenters. The lowest BCUT2D eigenvalue weighted by Gasteiger charge is -2.16. The smallest absolute Gasteiger partial charge is 0.0610 e. The zero-order chi connectivity index (χ0) is 7.28. The van der Waals surface area contributed by atoms with Crippen molar-refractivity contribution in [3.05, 3.63) is 0 Å². The van der Waals surface area contributed by atoms with Gasteiger partial charge in [-0.25, -0.2) is 0 Å². The predicted molar refractivity (Wildman–Crippen MR) is 32.0 cm³/mol. The second kappa shape index (κ2) is 4.69. The summed E-state index contributed by atoms with van der Waals surface area (Å²) >= 11 is 0. The van der Waals surface area contributed by atoms with E-state index in [1.165, 1.54) is 0 Å². The molecule has 0 aliphatic rings. The van der Waals surface area contributed by atoms with Crippen LogP contribution in [-0.2, 0) is 0 Å². The van der Waals surface area contributed by atoms with Crippen LogP contribution in [0.3, 0.4) is 0 Å². The molecule has 0 aromatic carbocycles. The average Bonchev–Trinajstić information content (AvgIpc) is 1.90. The lowest BCUT2D eigenvalue weighted by Crippen LogP contribution is -2.37. The fourth-order valence-corrected chi connectivity index (χ4v) is 0.475. The Hall–Kier alpha value is -0.160. The Morgan fingerprint density at radius 1 is 1.33 bits per heavy atom. The molecule has 4 N–H and O–H groups in total. The van der Waals surface area contributed by atoms with Crippen molar-refractivity contribution in [2.75, 3.05) is 13.2 Å². The molecule has 9 heavy (non-hydrogen) atoms. The Labute approximate surface area is 54.1 Å². The minimum atomic E-state index is -0.421. The van der Waals surface area contributed by atoms with Crippen molar-refractivity contribution in [1.82, 2.24) is 5.48 Å². The highest BCUT2D eigenvalue weighted by atomic mass is 16.5. The van der Waals surface area contributed by atoms with E-state index in [4.69, 9.17) is 15.4 Å². The zero-order valence-electron chi connectivity index (χ0n) is 5.41. The van der Waals surface area contributed by atoms with E-state index in [-0.39, 0.29) is 19.1 Å². The van der Waals surface area contributed by atoms with Gasteiger partial charge in [0, 0.05) is 6.61 Å². The molecule has 2 unspecified atom stereocenters. The zero-order valence-corrected chi connectivity index (χ0v) is 5.41. The highest BCUT2D eigenvalue weighted by molar-refractivity contribution is 4.66.